The predicted octanol–water partition coefficient (Wildman–Crippen LogP) is 3.22. The highest BCUT2D eigenvalue weighted by atomic mass is 16.2. The SMILES string of the molecule is CN(CC1CC1)C(=O)CCC1CCCCC1. The molecule has 0 bridgehead atoms. The van der Waals surface area contributed by atoms with Gasteiger partial charge in [-0.25, -0.2) is 0 Å². The van der Waals surface area contributed by atoms with E-state index < -0.39 is 0 Å². The van der Waals surface area contributed by atoms with E-state index in [2.05, 4.69) is 0 Å². The maximum atomic E-state index is 11.9. The maximum absolute atomic E-state index is 11.9. The van der Waals surface area contributed by atoms with E-state index in [9.17, 15) is 4.79 Å². The molecule has 0 heterocycles. The molecule has 0 spiro atoms. The summed E-state index contributed by atoms with van der Waals surface area (Å²) in [5.41, 5.74) is 0. The van der Waals surface area contributed by atoms with Crippen molar-refractivity contribution >= 4 is 5.91 Å². The van der Waals surface area contributed by atoms with Crippen LogP contribution >= 0.6 is 0 Å². The zero-order valence-corrected chi connectivity index (χ0v) is 10.6. The highest BCUT2D eigenvalue weighted by Gasteiger charge is 2.25. The van der Waals surface area contributed by atoms with Gasteiger partial charge in [0.25, 0.3) is 0 Å². The molecule has 0 atom stereocenters. The van der Waals surface area contributed by atoms with Gasteiger partial charge in [0.05, 0.1) is 0 Å². The largest absolute Gasteiger partial charge is 0.345 e. The molecule has 2 rings (SSSR count). The monoisotopic (exact) mass is 223 g/mol. The van der Waals surface area contributed by atoms with E-state index in [1.807, 2.05) is 11.9 Å². The predicted molar refractivity (Wildman–Crippen MR) is 66.2 cm³/mol. The van der Waals surface area contributed by atoms with Crippen molar-refractivity contribution in [3.8, 4) is 0 Å². The van der Waals surface area contributed by atoms with E-state index in [1.54, 1.807) is 0 Å². The zero-order valence-electron chi connectivity index (χ0n) is 10.6. The summed E-state index contributed by atoms with van der Waals surface area (Å²) >= 11 is 0. The quantitative estimate of drug-likeness (QED) is 0.701. The van der Waals surface area contributed by atoms with Crippen LogP contribution in [0.4, 0.5) is 0 Å². The molecule has 2 nitrogen and oxygen atoms in total. The number of rotatable bonds is 5. The fourth-order valence-electron chi connectivity index (χ4n) is 2.78. The van der Waals surface area contributed by atoms with Crippen LogP contribution in [0.15, 0.2) is 0 Å². The molecule has 2 saturated carbocycles. The molecule has 2 aliphatic carbocycles. The lowest BCUT2D eigenvalue weighted by Crippen LogP contribution is -2.29. The Morgan fingerprint density at radius 2 is 1.75 bits per heavy atom. The third-order valence-corrected chi connectivity index (χ3v) is 4.15. The second kappa shape index (κ2) is 5.70. The van der Waals surface area contributed by atoms with Gasteiger partial charge in [0, 0.05) is 20.0 Å². The van der Waals surface area contributed by atoms with Crippen LogP contribution in [0.1, 0.15) is 57.8 Å². The molecule has 0 unspecified atom stereocenters. The molecular weight excluding hydrogens is 198 g/mol. The molecule has 0 saturated heterocycles. The maximum Gasteiger partial charge on any atom is 0.222 e. The average molecular weight is 223 g/mol. The van der Waals surface area contributed by atoms with E-state index >= 15 is 0 Å². The molecule has 2 fully saturated rings. The number of nitrogens with zero attached hydrogens (tertiary/aromatic N) is 1. The van der Waals surface area contributed by atoms with Gasteiger partial charge in [-0.15, -0.1) is 0 Å². The summed E-state index contributed by atoms with van der Waals surface area (Å²) in [6.07, 6.45) is 11.5. The Bertz CT molecular complexity index is 229. The fourth-order valence-corrected chi connectivity index (χ4v) is 2.78. The lowest BCUT2D eigenvalue weighted by Gasteiger charge is -2.23. The number of hydrogen-bond donors (Lipinski definition) is 0. The molecule has 92 valence electrons. The number of amides is 1. The fraction of sp³-hybridized carbons (Fsp3) is 0.929. The molecule has 0 aliphatic heterocycles. The first-order valence-electron chi connectivity index (χ1n) is 6.99. The van der Waals surface area contributed by atoms with Crippen molar-refractivity contribution in [1.29, 1.82) is 0 Å². The Labute approximate surface area is 99.4 Å². The molecular formula is C14H25NO. The van der Waals surface area contributed by atoms with Crippen molar-refractivity contribution < 1.29 is 4.79 Å². The summed E-state index contributed by atoms with van der Waals surface area (Å²) in [7, 11) is 1.97. The van der Waals surface area contributed by atoms with Crippen molar-refractivity contribution in [2.45, 2.75) is 57.8 Å². The Kier molecular flexibility index (Phi) is 4.25. The van der Waals surface area contributed by atoms with Crippen LogP contribution in [0.25, 0.3) is 0 Å². The Morgan fingerprint density at radius 3 is 2.38 bits per heavy atom. The lowest BCUT2D eigenvalue weighted by atomic mass is 9.86. The smallest absolute Gasteiger partial charge is 0.222 e. The van der Waals surface area contributed by atoms with Gasteiger partial charge in [0.1, 0.15) is 0 Å². The van der Waals surface area contributed by atoms with E-state index in [0.29, 0.717) is 5.91 Å². The minimum Gasteiger partial charge on any atom is -0.345 e. The molecule has 0 N–H and O–H groups in total. The standard InChI is InChI=1S/C14H25NO/c1-15(11-13-7-8-13)14(16)10-9-12-5-3-2-4-6-12/h12-13H,2-11H2,1H3. The summed E-state index contributed by atoms with van der Waals surface area (Å²) in [5, 5.41) is 0. The van der Waals surface area contributed by atoms with Crippen molar-refractivity contribution in [1.82, 2.24) is 4.90 Å². The minimum atomic E-state index is 0.373. The summed E-state index contributed by atoms with van der Waals surface area (Å²) in [6.45, 7) is 1.00. The Hall–Kier alpha value is -0.530. The van der Waals surface area contributed by atoms with Crippen molar-refractivity contribution in [3.05, 3.63) is 0 Å². The topological polar surface area (TPSA) is 20.3 Å². The summed E-state index contributed by atoms with van der Waals surface area (Å²) in [6, 6.07) is 0. The van der Waals surface area contributed by atoms with Crippen molar-refractivity contribution in [3.63, 3.8) is 0 Å². The first kappa shape index (κ1) is 11.9. The number of carbonyl (C=O) groups is 1. The van der Waals surface area contributed by atoms with Crippen LogP contribution in [0.5, 0.6) is 0 Å². The van der Waals surface area contributed by atoms with Crippen LogP contribution in [-0.4, -0.2) is 24.4 Å². The van der Waals surface area contributed by atoms with Crippen molar-refractivity contribution in [2.24, 2.45) is 11.8 Å². The van der Waals surface area contributed by atoms with E-state index in [1.165, 1.54) is 44.9 Å². The average Bonchev–Trinajstić information content (AvgIpc) is 3.11. The summed E-state index contributed by atoms with van der Waals surface area (Å²) in [4.78, 5) is 13.8. The van der Waals surface area contributed by atoms with Crippen molar-refractivity contribution in [2.75, 3.05) is 13.6 Å². The van der Waals surface area contributed by atoms with Crippen LogP contribution in [0, 0.1) is 11.8 Å². The van der Waals surface area contributed by atoms with Gasteiger partial charge in [0.2, 0.25) is 5.91 Å². The van der Waals surface area contributed by atoms with Gasteiger partial charge in [0.15, 0.2) is 0 Å². The van der Waals surface area contributed by atoms with Crippen LogP contribution in [0.3, 0.4) is 0 Å². The normalized spacial score (nSPS) is 22.1. The summed E-state index contributed by atoms with van der Waals surface area (Å²) < 4.78 is 0. The molecule has 1 amide bonds. The molecule has 0 aromatic rings. The van der Waals surface area contributed by atoms with E-state index in [-0.39, 0.29) is 0 Å². The lowest BCUT2D eigenvalue weighted by molar-refractivity contribution is -0.130. The highest BCUT2D eigenvalue weighted by molar-refractivity contribution is 5.75. The van der Waals surface area contributed by atoms with Crippen LogP contribution < -0.4 is 0 Å². The highest BCUT2D eigenvalue weighted by Crippen LogP contribution is 2.30. The van der Waals surface area contributed by atoms with Gasteiger partial charge in [-0.2, -0.15) is 0 Å². The minimum absolute atomic E-state index is 0.373. The number of carbonyl (C=O) groups excluding carboxylic acids is 1. The second-order valence-corrected chi connectivity index (χ2v) is 5.76. The molecule has 0 aromatic heterocycles. The third kappa shape index (κ3) is 3.80. The van der Waals surface area contributed by atoms with E-state index in [4.69, 9.17) is 0 Å². The number of hydrogen-bond acceptors (Lipinski definition) is 1. The van der Waals surface area contributed by atoms with Crippen LogP contribution in [0.2, 0.25) is 0 Å². The zero-order chi connectivity index (χ0) is 11.4. The van der Waals surface area contributed by atoms with Gasteiger partial charge < -0.3 is 4.90 Å². The Balaban J connectivity index is 1.61. The molecule has 0 aromatic carbocycles. The van der Waals surface area contributed by atoms with Gasteiger partial charge >= 0.3 is 0 Å². The molecule has 2 aliphatic rings. The third-order valence-electron chi connectivity index (χ3n) is 4.15. The first-order valence-corrected chi connectivity index (χ1v) is 6.99. The molecule has 2 heteroatoms. The second-order valence-electron chi connectivity index (χ2n) is 5.76. The first-order chi connectivity index (χ1) is 7.75. The molecule has 16 heavy (non-hydrogen) atoms. The van der Waals surface area contributed by atoms with Gasteiger partial charge in [-0.1, -0.05) is 32.1 Å². The van der Waals surface area contributed by atoms with E-state index in [0.717, 1.165) is 31.2 Å². The Morgan fingerprint density at radius 1 is 1.06 bits per heavy atom. The summed E-state index contributed by atoms with van der Waals surface area (Å²) in [5.74, 6) is 2.04. The van der Waals surface area contributed by atoms with Crippen LogP contribution in [-0.2, 0) is 4.79 Å². The molecule has 0 radical (unpaired) electrons. The van der Waals surface area contributed by atoms with Gasteiger partial charge in [-0.05, 0) is 31.1 Å². The van der Waals surface area contributed by atoms with Gasteiger partial charge in [-0.3, -0.25) is 4.79 Å².